The van der Waals surface area contributed by atoms with Gasteiger partial charge in [-0.25, -0.2) is 4.98 Å². The quantitative estimate of drug-likeness (QED) is 0.696. The first-order chi connectivity index (χ1) is 6.79. The van der Waals surface area contributed by atoms with Crippen molar-refractivity contribution >= 4 is 5.82 Å². The molecule has 4 nitrogen and oxygen atoms in total. The molecule has 0 amide bonds. The number of aromatic nitrogens is 1. The predicted molar refractivity (Wildman–Crippen MR) is 53.8 cm³/mol. The maximum absolute atomic E-state index is 8.70. The van der Waals surface area contributed by atoms with Crippen LogP contribution >= 0.6 is 0 Å². The van der Waals surface area contributed by atoms with Gasteiger partial charge in [0, 0.05) is 19.1 Å². The monoisotopic (exact) mass is 188 g/mol. The Kier molecular flexibility index (Phi) is 2.33. The zero-order valence-corrected chi connectivity index (χ0v) is 7.85. The topological polar surface area (TPSA) is 65.9 Å². The van der Waals surface area contributed by atoms with Crippen LogP contribution in [0.1, 0.15) is 12.1 Å². The minimum atomic E-state index is 0.238. The molecule has 2 rings (SSSR count). The summed E-state index contributed by atoms with van der Waals surface area (Å²) in [4.78, 5) is 6.33. The molecule has 14 heavy (non-hydrogen) atoms. The third-order valence-corrected chi connectivity index (χ3v) is 2.40. The number of nitrogens with two attached hydrogens (primary N) is 1. The highest BCUT2D eigenvalue weighted by Crippen LogP contribution is 2.16. The third-order valence-electron chi connectivity index (χ3n) is 2.40. The molecule has 2 N–H and O–H groups in total. The van der Waals surface area contributed by atoms with Gasteiger partial charge in [-0.15, -0.1) is 0 Å². The Hall–Kier alpha value is -1.60. The van der Waals surface area contributed by atoms with E-state index in [-0.39, 0.29) is 6.04 Å². The van der Waals surface area contributed by atoms with Gasteiger partial charge >= 0.3 is 0 Å². The van der Waals surface area contributed by atoms with Gasteiger partial charge in [0.25, 0.3) is 0 Å². The number of pyridine rings is 1. The Balaban J connectivity index is 2.20. The molecule has 1 atom stereocenters. The van der Waals surface area contributed by atoms with Crippen LogP contribution < -0.4 is 10.6 Å². The van der Waals surface area contributed by atoms with Crippen LogP contribution in [-0.2, 0) is 0 Å². The molecule has 4 heteroatoms. The molecule has 0 aromatic carbocycles. The smallest absolute Gasteiger partial charge is 0.142 e. The first-order valence-electron chi connectivity index (χ1n) is 4.67. The minimum absolute atomic E-state index is 0.238. The number of rotatable bonds is 1. The van der Waals surface area contributed by atoms with E-state index in [9.17, 15) is 0 Å². The molecule has 0 spiro atoms. The number of anilines is 1. The molecule has 0 saturated carbocycles. The van der Waals surface area contributed by atoms with E-state index in [2.05, 4.69) is 9.88 Å². The van der Waals surface area contributed by atoms with Gasteiger partial charge in [0.1, 0.15) is 17.6 Å². The summed E-state index contributed by atoms with van der Waals surface area (Å²) in [6.45, 7) is 1.77. The fraction of sp³-hybridized carbons (Fsp3) is 0.400. The lowest BCUT2D eigenvalue weighted by molar-refractivity contribution is 0.751. The Morgan fingerprint density at radius 3 is 3.07 bits per heavy atom. The van der Waals surface area contributed by atoms with Crippen LogP contribution in [0.25, 0.3) is 0 Å². The van der Waals surface area contributed by atoms with Gasteiger partial charge in [0.05, 0.1) is 0 Å². The molecule has 1 aromatic heterocycles. The fourth-order valence-corrected chi connectivity index (χ4v) is 1.66. The van der Waals surface area contributed by atoms with Crippen molar-refractivity contribution in [2.45, 2.75) is 12.5 Å². The van der Waals surface area contributed by atoms with Crippen molar-refractivity contribution in [1.29, 1.82) is 5.26 Å². The average Bonchev–Trinajstić information content (AvgIpc) is 2.65. The zero-order chi connectivity index (χ0) is 9.97. The molecule has 1 saturated heterocycles. The number of nitrogens with zero attached hydrogens (tertiary/aromatic N) is 3. The molecule has 72 valence electrons. The first-order valence-corrected chi connectivity index (χ1v) is 4.67. The second-order valence-corrected chi connectivity index (χ2v) is 3.49. The molecule has 1 aliphatic rings. The molecule has 0 aliphatic carbocycles. The van der Waals surface area contributed by atoms with Crippen LogP contribution in [0.2, 0.25) is 0 Å². The highest BCUT2D eigenvalue weighted by atomic mass is 15.2. The fourth-order valence-electron chi connectivity index (χ4n) is 1.66. The largest absolute Gasteiger partial charge is 0.355 e. The number of nitriles is 1. The molecule has 1 aliphatic heterocycles. The lowest BCUT2D eigenvalue weighted by Gasteiger charge is -2.16. The molecular weight excluding hydrogens is 176 g/mol. The number of hydrogen-bond donors (Lipinski definition) is 1. The van der Waals surface area contributed by atoms with E-state index in [1.807, 2.05) is 18.2 Å². The van der Waals surface area contributed by atoms with Gasteiger partial charge in [-0.2, -0.15) is 5.26 Å². The van der Waals surface area contributed by atoms with Crippen molar-refractivity contribution in [2.24, 2.45) is 5.73 Å². The van der Waals surface area contributed by atoms with Gasteiger partial charge in [-0.3, -0.25) is 0 Å². The van der Waals surface area contributed by atoms with Crippen LogP contribution in [0, 0.1) is 11.3 Å². The van der Waals surface area contributed by atoms with Gasteiger partial charge < -0.3 is 10.6 Å². The molecule has 0 unspecified atom stereocenters. The third kappa shape index (κ3) is 1.68. The van der Waals surface area contributed by atoms with Crippen LogP contribution in [0.15, 0.2) is 18.2 Å². The zero-order valence-electron chi connectivity index (χ0n) is 7.85. The van der Waals surface area contributed by atoms with E-state index in [1.165, 1.54) is 0 Å². The molecule has 0 bridgehead atoms. The molecule has 2 heterocycles. The minimum Gasteiger partial charge on any atom is -0.355 e. The van der Waals surface area contributed by atoms with Crippen molar-refractivity contribution in [2.75, 3.05) is 18.0 Å². The summed E-state index contributed by atoms with van der Waals surface area (Å²) in [5.41, 5.74) is 6.26. The molecule has 1 aromatic rings. The number of hydrogen-bond acceptors (Lipinski definition) is 4. The van der Waals surface area contributed by atoms with E-state index in [1.54, 1.807) is 6.07 Å². The Morgan fingerprint density at radius 1 is 1.57 bits per heavy atom. The summed E-state index contributed by atoms with van der Waals surface area (Å²) in [5, 5.41) is 8.70. The average molecular weight is 188 g/mol. The highest BCUT2D eigenvalue weighted by Gasteiger charge is 2.19. The van der Waals surface area contributed by atoms with Crippen LogP contribution in [0.5, 0.6) is 0 Å². The summed E-state index contributed by atoms with van der Waals surface area (Å²) in [6.07, 6.45) is 0.998. The van der Waals surface area contributed by atoms with Gasteiger partial charge in [-0.1, -0.05) is 6.07 Å². The lowest BCUT2D eigenvalue weighted by atomic mass is 10.3. The van der Waals surface area contributed by atoms with E-state index in [0.29, 0.717) is 5.69 Å². The maximum Gasteiger partial charge on any atom is 0.142 e. The normalized spacial score (nSPS) is 20.9. The van der Waals surface area contributed by atoms with E-state index in [0.717, 1.165) is 25.3 Å². The van der Waals surface area contributed by atoms with Crippen molar-refractivity contribution in [3.05, 3.63) is 23.9 Å². The lowest BCUT2D eigenvalue weighted by Crippen LogP contribution is -2.26. The Bertz CT molecular complexity index is 369. The summed E-state index contributed by atoms with van der Waals surface area (Å²) in [6, 6.07) is 7.75. The van der Waals surface area contributed by atoms with E-state index < -0.39 is 0 Å². The molecule has 1 fully saturated rings. The second kappa shape index (κ2) is 3.64. The Labute approximate surface area is 83.0 Å². The van der Waals surface area contributed by atoms with Crippen LogP contribution in [-0.4, -0.2) is 24.1 Å². The van der Waals surface area contributed by atoms with Crippen molar-refractivity contribution in [1.82, 2.24) is 4.98 Å². The van der Waals surface area contributed by atoms with Crippen molar-refractivity contribution < 1.29 is 0 Å². The van der Waals surface area contributed by atoms with E-state index >= 15 is 0 Å². The van der Waals surface area contributed by atoms with Crippen molar-refractivity contribution in [3.8, 4) is 6.07 Å². The van der Waals surface area contributed by atoms with Crippen molar-refractivity contribution in [3.63, 3.8) is 0 Å². The first kappa shape index (κ1) is 8.97. The van der Waals surface area contributed by atoms with Gasteiger partial charge in [0.15, 0.2) is 0 Å². The van der Waals surface area contributed by atoms with Gasteiger partial charge in [-0.05, 0) is 18.6 Å². The summed E-state index contributed by atoms with van der Waals surface area (Å²) in [5.74, 6) is 0.858. The Morgan fingerprint density at radius 2 is 2.43 bits per heavy atom. The summed E-state index contributed by atoms with van der Waals surface area (Å²) in [7, 11) is 0. The van der Waals surface area contributed by atoms with Crippen LogP contribution in [0.4, 0.5) is 5.82 Å². The SMILES string of the molecule is N#Cc1cccc(N2CC[C@@H](N)C2)n1. The predicted octanol–water partition coefficient (Wildman–Crippen LogP) is 0.491. The maximum atomic E-state index is 8.70. The summed E-state index contributed by atoms with van der Waals surface area (Å²) < 4.78 is 0. The standard InChI is InChI=1S/C10H12N4/c11-6-9-2-1-3-10(13-9)14-5-4-8(12)7-14/h1-3,8H,4-5,7,12H2/t8-/m1/s1. The van der Waals surface area contributed by atoms with Crippen LogP contribution in [0.3, 0.4) is 0 Å². The molecule has 0 radical (unpaired) electrons. The summed E-state index contributed by atoms with van der Waals surface area (Å²) >= 11 is 0. The molecular formula is C10H12N4. The van der Waals surface area contributed by atoms with E-state index in [4.69, 9.17) is 11.0 Å². The van der Waals surface area contributed by atoms with Gasteiger partial charge in [0.2, 0.25) is 0 Å². The second-order valence-electron chi connectivity index (χ2n) is 3.49. The highest BCUT2D eigenvalue weighted by molar-refractivity contribution is 5.42.